The van der Waals surface area contributed by atoms with Crippen LogP contribution in [0.25, 0.3) is 0 Å². The second kappa shape index (κ2) is 9.73. The number of hydrogen-bond acceptors (Lipinski definition) is 4. The van der Waals surface area contributed by atoms with Crippen molar-refractivity contribution in [3.8, 4) is 0 Å². The minimum atomic E-state index is -0.00558. The summed E-state index contributed by atoms with van der Waals surface area (Å²) >= 11 is 0. The first-order valence-corrected chi connectivity index (χ1v) is 10.2. The zero-order chi connectivity index (χ0) is 20.0. The molecule has 2 N–H and O–H groups in total. The number of aliphatic imine (C=N–C) groups is 1. The predicted octanol–water partition coefficient (Wildman–Crippen LogP) is 1.49. The molecule has 0 bridgehead atoms. The van der Waals surface area contributed by atoms with E-state index in [1.54, 1.807) is 26.1 Å². The van der Waals surface area contributed by atoms with Crippen LogP contribution in [0.2, 0.25) is 0 Å². The average Bonchev–Trinajstić information content (AvgIpc) is 3.18. The van der Waals surface area contributed by atoms with Crippen LogP contribution in [0.15, 0.2) is 4.99 Å². The minimum absolute atomic E-state index is 0.00558. The molecule has 2 aliphatic rings. The fraction of sp³-hybridized carbons (Fsp3) is 0.900. The van der Waals surface area contributed by atoms with Gasteiger partial charge in [0.25, 0.3) is 0 Å². The van der Waals surface area contributed by atoms with E-state index >= 15 is 0 Å². The van der Waals surface area contributed by atoms with E-state index in [2.05, 4.69) is 36.4 Å². The molecule has 156 valence electrons. The van der Waals surface area contributed by atoms with Gasteiger partial charge >= 0.3 is 0 Å². The molecule has 7 nitrogen and oxygen atoms in total. The first kappa shape index (κ1) is 22.0. The van der Waals surface area contributed by atoms with E-state index in [4.69, 9.17) is 9.47 Å². The summed E-state index contributed by atoms with van der Waals surface area (Å²) in [7, 11) is 5.32. The van der Waals surface area contributed by atoms with Crippen molar-refractivity contribution in [2.45, 2.75) is 52.2 Å². The van der Waals surface area contributed by atoms with Gasteiger partial charge in [0.05, 0.1) is 12.7 Å². The van der Waals surface area contributed by atoms with E-state index in [9.17, 15) is 4.79 Å². The number of nitrogens with one attached hydrogen (secondary N) is 2. The number of methoxy groups -OCH3 is 1. The summed E-state index contributed by atoms with van der Waals surface area (Å²) in [5, 5.41) is 7.07. The number of carbonyl (C=O) groups excluding carboxylic acids is 1. The maximum Gasteiger partial charge on any atom is 0.243 e. The van der Waals surface area contributed by atoms with Crippen LogP contribution in [-0.4, -0.2) is 76.4 Å². The van der Waals surface area contributed by atoms with Crippen molar-refractivity contribution >= 4 is 11.9 Å². The molecule has 0 aromatic heterocycles. The van der Waals surface area contributed by atoms with E-state index in [1.807, 2.05) is 0 Å². The Balaban J connectivity index is 2.09. The standard InChI is InChI=1S/C20H38N4O3/c1-7-20(8-2)17(14(3)18(20)26-6)23-19(22-12-16(25)24(4)5)21-11-15-9-10-27-13-15/h14-15,17-18H,7-13H2,1-6H3,(H2,21,22,23). The molecule has 1 saturated heterocycles. The van der Waals surface area contributed by atoms with Crippen LogP contribution in [0.4, 0.5) is 0 Å². The third kappa shape index (κ3) is 4.74. The first-order valence-electron chi connectivity index (χ1n) is 10.2. The van der Waals surface area contributed by atoms with Crippen LogP contribution in [0.5, 0.6) is 0 Å². The molecule has 27 heavy (non-hydrogen) atoms. The van der Waals surface area contributed by atoms with Crippen molar-refractivity contribution in [1.82, 2.24) is 15.5 Å². The normalized spacial score (nSPS) is 29.9. The molecule has 4 atom stereocenters. The number of ether oxygens (including phenoxy) is 2. The van der Waals surface area contributed by atoms with Crippen molar-refractivity contribution in [3.05, 3.63) is 0 Å². The quantitative estimate of drug-likeness (QED) is 0.491. The molecular formula is C20H38N4O3. The van der Waals surface area contributed by atoms with Crippen molar-refractivity contribution in [3.63, 3.8) is 0 Å². The van der Waals surface area contributed by atoms with Gasteiger partial charge in [-0.05, 0) is 19.3 Å². The van der Waals surface area contributed by atoms with Crippen molar-refractivity contribution in [1.29, 1.82) is 0 Å². The third-order valence-corrected chi connectivity index (χ3v) is 6.51. The Kier molecular flexibility index (Phi) is 7.91. The Morgan fingerprint density at radius 3 is 2.56 bits per heavy atom. The maximum absolute atomic E-state index is 12.0. The lowest BCUT2D eigenvalue weighted by molar-refractivity contribution is -0.163. The molecule has 1 amide bonds. The van der Waals surface area contributed by atoms with Gasteiger partial charge < -0.3 is 25.0 Å². The Bertz CT molecular complexity index is 513. The molecule has 1 heterocycles. The van der Waals surface area contributed by atoms with E-state index < -0.39 is 0 Å². The molecule has 2 fully saturated rings. The van der Waals surface area contributed by atoms with E-state index in [0.717, 1.165) is 45.0 Å². The monoisotopic (exact) mass is 382 g/mol. The van der Waals surface area contributed by atoms with E-state index in [1.165, 1.54) is 0 Å². The van der Waals surface area contributed by atoms with Gasteiger partial charge in [-0.25, -0.2) is 4.99 Å². The molecule has 0 radical (unpaired) electrons. The summed E-state index contributed by atoms with van der Waals surface area (Å²) in [4.78, 5) is 18.1. The highest BCUT2D eigenvalue weighted by atomic mass is 16.5. The highest BCUT2D eigenvalue weighted by Crippen LogP contribution is 2.52. The van der Waals surface area contributed by atoms with Gasteiger partial charge in [0.1, 0.15) is 6.54 Å². The van der Waals surface area contributed by atoms with E-state index in [-0.39, 0.29) is 30.0 Å². The van der Waals surface area contributed by atoms with Gasteiger partial charge in [-0.2, -0.15) is 0 Å². The first-order chi connectivity index (χ1) is 12.9. The van der Waals surface area contributed by atoms with Gasteiger partial charge in [-0.3, -0.25) is 4.79 Å². The largest absolute Gasteiger partial charge is 0.381 e. The molecular weight excluding hydrogens is 344 g/mol. The Morgan fingerprint density at radius 2 is 2.04 bits per heavy atom. The lowest BCUT2D eigenvalue weighted by Crippen LogP contribution is -2.71. The summed E-state index contributed by atoms with van der Waals surface area (Å²) < 4.78 is 11.3. The van der Waals surface area contributed by atoms with Gasteiger partial charge in [0, 0.05) is 57.6 Å². The number of guanidine groups is 1. The minimum Gasteiger partial charge on any atom is -0.381 e. The molecule has 4 unspecified atom stereocenters. The van der Waals surface area contributed by atoms with Crippen LogP contribution >= 0.6 is 0 Å². The average molecular weight is 383 g/mol. The smallest absolute Gasteiger partial charge is 0.243 e. The van der Waals surface area contributed by atoms with E-state index in [0.29, 0.717) is 11.8 Å². The number of carbonyl (C=O) groups is 1. The molecule has 0 aromatic carbocycles. The van der Waals surface area contributed by atoms with Crippen LogP contribution in [0.3, 0.4) is 0 Å². The topological polar surface area (TPSA) is 75.2 Å². The number of nitrogens with zero attached hydrogens (tertiary/aromatic N) is 2. The predicted molar refractivity (Wildman–Crippen MR) is 108 cm³/mol. The lowest BCUT2D eigenvalue weighted by atomic mass is 9.53. The van der Waals surface area contributed by atoms with Gasteiger partial charge in [-0.15, -0.1) is 0 Å². The van der Waals surface area contributed by atoms with Crippen LogP contribution in [0.1, 0.15) is 40.0 Å². The fourth-order valence-electron chi connectivity index (χ4n) is 4.67. The second-order valence-corrected chi connectivity index (χ2v) is 8.14. The fourth-order valence-corrected chi connectivity index (χ4v) is 4.67. The zero-order valence-electron chi connectivity index (χ0n) is 17.9. The van der Waals surface area contributed by atoms with Crippen LogP contribution in [0, 0.1) is 17.3 Å². The summed E-state index contributed by atoms with van der Waals surface area (Å²) in [5.74, 6) is 1.60. The summed E-state index contributed by atoms with van der Waals surface area (Å²) in [6, 6.07) is 0.276. The number of amides is 1. The van der Waals surface area contributed by atoms with Gasteiger partial charge in [0.15, 0.2) is 5.96 Å². The Hall–Kier alpha value is -1.34. The van der Waals surface area contributed by atoms with Crippen LogP contribution in [-0.2, 0) is 14.3 Å². The lowest BCUT2D eigenvalue weighted by Gasteiger charge is -2.60. The molecule has 7 heteroatoms. The SMILES string of the molecule is CCC1(CC)C(NC(=NCC(=O)N(C)C)NCC2CCOC2)C(C)C1OC. The van der Waals surface area contributed by atoms with Gasteiger partial charge in [0.2, 0.25) is 5.91 Å². The zero-order valence-corrected chi connectivity index (χ0v) is 17.9. The summed E-state index contributed by atoms with van der Waals surface area (Å²) in [6.45, 7) is 9.25. The second-order valence-electron chi connectivity index (χ2n) is 8.14. The number of hydrogen-bond donors (Lipinski definition) is 2. The summed E-state index contributed by atoms with van der Waals surface area (Å²) in [5.41, 5.74) is 0.0959. The molecule has 0 spiro atoms. The van der Waals surface area contributed by atoms with Crippen molar-refractivity contribution in [2.75, 3.05) is 47.5 Å². The molecule has 2 rings (SSSR count). The maximum atomic E-state index is 12.0. The number of likely N-dealkylation sites (N-methyl/N-ethyl adjacent to an activating group) is 1. The Labute approximate surface area is 164 Å². The van der Waals surface area contributed by atoms with Gasteiger partial charge in [-0.1, -0.05) is 20.8 Å². The third-order valence-electron chi connectivity index (χ3n) is 6.51. The Morgan fingerprint density at radius 1 is 1.33 bits per heavy atom. The number of rotatable bonds is 8. The van der Waals surface area contributed by atoms with Crippen molar-refractivity contribution in [2.24, 2.45) is 22.2 Å². The van der Waals surface area contributed by atoms with Crippen molar-refractivity contribution < 1.29 is 14.3 Å². The summed E-state index contributed by atoms with van der Waals surface area (Å²) in [6.07, 6.45) is 3.41. The highest BCUT2D eigenvalue weighted by Gasteiger charge is 2.58. The molecule has 1 saturated carbocycles. The highest BCUT2D eigenvalue weighted by molar-refractivity contribution is 5.85. The van der Waals surface area contributed by atoms with Crippen LogP contribution < -0.4 is 10.6 Å². The molecule has 1 aliphatic heterocycles. The molecule has 1 aliphatic carbocycles. The molecule has 0 aromatic rings.